The van der Waals surface area contributed by atoms with Crippen LogP contribution in [0.4, 0.5) is 0 Å². The van der Waals surface area contributed by atoms with E-state index in [2.05, 4.69) is 27.7 Å². The van der Waals surface area contributed by atoms with Gasteiger partial charge >= 0.3 is 0 Å². The molecule has 5 unspecified atom stereocenters. The van der Waals surface area contributed by atoms with E-state index < -0.39 is 5.60 Å². The van der Waals surface area contributed by atoms with Crippen LogP contribution in [0, 0.1) is 22.7 Å². The van der Waals surface area contributed by atoms with Gasteiger partial charge in [-0.25, -0.2) is 0 Å². The molecule has 0 aromatic rings. The van der Waals surface area contributed by atoms with Crippen LogP contribution in [-0.4, -0.2) is 21.9 Å². The minimum atomic E-state index is -0.529. The van der Waals surface area contributed by atoms with Gasteiger partial charge in [-0.3, -0.25) is 0 Å². The molecular formula is C16H30O2. The molecule has 0 spiro atoms. The van der Waals surface area contributed by atoms with Crippen molar-refractivity contribution in [2.45, 2.75) is 78.4 Å². The van der Waals surface area contributed by atoms with Gasteiger partial charge in [0.15, 0.2) is 0 Å². The molecule has 2 nitrogen and oxygen atoms in total. The second kappa shape index (κ2) is 4.21. The van der Waals surface area contributed by atoms with Crippen LogP contribution in [0.1, 0.15) is 66.7 Å². The van der Waals surface area contributed by atoms with Crippen LogP contribution in [0.3, 0.4) is 0 Å². The minimum Gasteiger partial charge on any atom is -0.393 e. The van der Waals surface area contributed by atoms with Gasteiger partial charge in [-0.15, -0.1) is 0 Å². The predicted octanol–water partition coefficient (Wildman–Crippen LogP) is 3.36. The van der Waals surface area contributed by atoms with Crippen molar-refractivity contribution in [3.63, 3.8) is 0 Å². The molecule has 18 heavy (non-hydrogen) atoms. The molecule has 5 atom stereocenters. The Bertz CT molecular complexity index is 321. The zero-order valence-electron chi connectivity index (χ0n) is 12.7. The van der Waals surface area contributed by atoms with E-state index in [9.17, 15) is 10.2 Å². The third kappa shape index (κ3) is 1.84. The lowest BCUT2D eigenvalue weighted by Gasteiger charge is -2.62. The van der Waals surface area contributed by atoms with Gasteiger partial charge in [0, 0.05) is 0 Å². The van der Waals surface area contributed by atoms with Crippen molar-refractivity contribution in [3.05, 3.63) is 0 Å². The largest absolute Gasteiger partial charge is 0.393 e. The fraction of sp³-hybridized carbons (Fsp3) is 1.00. The first kappa shape index (κ1) is 14.3. The zero-order chi connectivity index (χ0) is 13.8. The quantitative estimate of drug-likeness (QED) is 0.753. The summed E-state index contributed by atoms with van der Waals surface area (Å²) < 4.78 is 0. The summed E-state index contributed by atoms with van der Waals surface area (Å²) in [6, 6.07) is 0. The van der Waals surface area contributed by atoms with E-state index in [4.69, 9.17) is 0 Å². The molecule has 2 fully saturated rings. The Morgan fingerprint density at radius 1 is 1.06 bits per heavy atom. The number of aliphatic hydroxyl groups is 2. The van der Waals surface area contributed by atoms with Crippen LogP contribution >= 0.6 is 0 Å². The van der Waals surface area contributed by atoms with Crippen molar-refractivity contribution >= 4 is 0 Å². The number of fused-ring (bicyclic) bond motifs is 1. The predicted molar refractivity (Wildman–Crippen MR) is 74.3 cm³/mol. The summed E-state index contributed by atoms with van der Waals surface area (Å²) in [4.78, 5) is 0. The minimum absolute atomic E-state index is 0.0169. The Balaban J connectivity index is 2.39. The van der Waals surface area contributed by atoms with E-state index in [0.717, 1.165) is 32.1 Å². The van der Waals surface area contributed by atoms with Crippen LogP contribution in [0.5, 0.6) is 0 Å². The second-order valence-corrected chi connectivity index (χ2v) is 7.79. The summed E-state index contributed by atoms with van der Waals surface area (Å²) in [6.45, 7) is 11.0. The Hall–Kier alpha value is -0.0800. The lowest BCUT2D eigenvalue weighted by molar-refractivity contribution is -0.194. The Morgan fingerprint density at radius 2 is 1.67 bits per heavy atom. The van der Waals surface area contributed by atoms with E-state index in [1.54, 1.807) is 0 Å². The molecule has 0 radical (unpaired) electrons. The first-order valence-corrected chi connectivity index (χ1v) is 7.56. The summed E-state index contributed by atoms with van der Waals surface area (Å²) in [5.74, 6) is 0.884. The standard InChI is InChI=1S/C16H30O2/c1-6-11-15(4)9-8-13(17)14(2,3)12(15)7-10-16(11,5)18/h11-13,17-18H,6-10H2,1-5H3. The number of aliphatic hydroxyl groups excluding tert-OH is 1. The highest BCUT2D eigenvalue weighted by atomic mass is 16.3. The molecule has 2 N–H and O–H groups in total. The molecule has 0 aromatic heterocycles. The van der Waals surface area contributed by atoms with Gasteiger partial charge in [-0.05, 0) is 55.3 Å². The Labute approximate surface area is 112 Å². The molecule has 0 heterocycles. The van der Waals surface area contributed by atoms with Gasteiger partial charge in [0.2, 0.25) is 0 Å². The average Bonchev–Trinajstić information content (AvgIpc) is 2.23. The highest BCUT2D eigenvalue weighted by molar-refractivity contribution is 5.09. The van der Waals surface area contributed by atoms with Crippen LogP contribution in [-0.2, 0) is 0 Å². The third-order valence-corrected chi connectivity index (χ3v) is 6.40. The summed E-state index contributed by atoms with van der Waals surface area (Å²) in [5.41, 5.74) is -0.367. The zero-order valence-corrected chi connectivity index (χ0v) is 12.7. The Morgan fingerprint density at radius 3 is 2.22 bits per heavy atom. The number of hydrogen-bond donors (Lipinski definition) is 2. The number of hydrogen-bond acceptors (Lipinski definition) is 2. The van der Waals surface area contributed by atoms with E-state index in [0.29, 0.717) is 11.8 Å². The fourth-order valence-electron chi connectivity index (χ4n) is 5.42. The SMILES string of the molecule is CCC1C(C)(O)CCC2C(C)(C)C(O)CCC12C. The molecule has 2 aliphatic rings. The van der Waals surface area contributed by atoms with E-state index >= 15 is 0 Å². The average molecular weight is 254 g/mol. The van der Waals surface area contributed by atoms with E-state index in [1.807, 2.05) is 6.92 Å². The summed E-state index contributed by atoms with van der Waals surface area (Å²) >= 11 is 0. The molecule has 2 aliphatic carbocycles. The smallest absolute Gasteiger partial charge is 0.0653 e. The lowest BCUT2D eigenvalue weighted by Crippen LogP contribution is -2.60. The van der Waals surface area contributed by atoms with Gasteiger partial charge < -0.3 is 10.2 Å². The molecule has 2 rings (SSSR count). The Kier molecular flexibility index (Phi) is 3.35. The molecule has 2 heteroatoms. The molecule has 0 bridgehead atoms. The lowest BCUT2D eigenvalue weighted by atomic mass is 9.44. The molecule has 0 aromatic carbocycles. The van der Waals surface area contributed by atoms with E-state index in [-0.39, 0.29) is 16.9 Å². The van der Waals surface area contributed by atoms with Crippen LogP contribution in [0.25, 0.3) is 0 Å². The van der Waals surface area contributed by atoms with Crippen LogP contribution in [0.2, 0.25) is 0 Å². The van der Waals surface area contributed by atoms with Crippen LogP contribution < -0.4 is 0 Å². The maximum atomic E-state index is 10.7. The van der Waals surface area contributed by atoms with Crippen LogP contribution in [0.15, 0.2) is 0 Å². The van der Waals surface area contributed by atoms with Gasteiger partial charge in [0.1, 0.15) is 0 Å². The summed E-state index contributed by atoms with van der Waals surface area (Å²) in [6.07, 6.45) is 4.71. The molecule has 106 valence electrons. The maximum absolute atomic E-state index is 10.7. The first-order valence-electron chi connectivity index (χ1n) is 7.56. The third-order valence-electron chi connectivity index (χ3n) is 6.40. The van der Waals surface area contributed by atoms with Crippen molar-refractivity contribution in [1.29, 1.82) is 0 Å². The molecule has 0 aliphatic heterocycles. The van der Waals surface area contributed by atoms with E-state index in [1.165, 1.54) is 0 Å². The van der Waals surface area contributed by atoms with Crippen molar-refractivity contribution in [2.24, 2.45) is 22.7 Å². The normalized spacial score (nSPS) is 51.8. The number of rotatable bonds is 1. The topological polar surface area (TPSA) is 40.5 Å². The summed E-state index contributed by atoms with van der Waals surface area (Å²) in [7, 11) is 0. The fourth-order valence-corrected chi connectivity index (χ4v) is 5.42. The molecule has 0 saturated heterocycles. The van der Waals surface area contributed by atoms with Gasteiger partial charge in [-0.1, -0.05) is 34.1 Å². The maximum Gasteiger partial charge on any atom is 0.0653 e. The summed E-state index contributed by atoms with van der Waals surface area (Å²) in [5, 5.41) is 21.0. The molecular weight excluding hydrogens is 224 g/mol. The van der Waals surface area contributed by atoms with Crippen molar-refractivity contribution in [2.75, 3.05) is 0 Å². The van der Waals surface area contributed by atoms with Crippen molar-refractivity contribution < 1.29 is 10.2 Å². The van der Waals surface area contributed by atoms with Crippen molar-refractivity contribution in [1.82, 2.24) is 0 Å². The highest BCUT2D eigenvalue weighted by Gasteiger charge is 2.59. The van der Waals surface area contributed by atoms with Crippen molar-refractivity contribution in [3.8, 4) is 0 Å². The molecule has 2 saturated carbocycles. The monoisotopic (exact) mass is 254 g/mol. The molecule has 0 amide bonds. The van der Waals surface area contributed by atoms with Gasteiger partial charge in [-0.2, -0.15) is 0 Å². The second-order valence-electron chi connectivity index (χ2n) is 7.79. The first-order chi connectivity index (χ1) is 8.16. The van der Waals surface area contributed by atoms with Gasteiger partial charge in [0.05, 0.1) is 11.7 Å². The highest BCUT2D eigenvalue weighted by Crippen LogP contribution is 2.62. The van der Waals surface area contributed by atoms with Gasteiger partial charge in [0.25, 0.3) is 0 Å².